The fourth-order valence-electron chi connectivity index (χ4n) is 1.42. The summed E-state index contributed by atoms with van der Waals surface area (Å²) in [5, 5.41) is 11.8. The Morgan fingerprint density at radius 3 is 2.76 bits per heavy atom. The first kappa shape index (κ1) is 11.4. The average molecular weight is 236 g/mol. The number of ether oxygens (including phenoxy) is 1. The molecule has 0 bridgehead atoms. The maximum Gasteiger partial charge on any atom is 0.270 e. The summed E-state index contributed by atoms with van der Waals surface area (Å²) in [5.41, 5.74) is 0. The summed E-state index contributed by atoms with van der Waals surface area (Å²) in [6.45, 7) is -0.0326. The molecule has 0 saturated carbocycles. The van der Waals surface area contributed by atoms with E-state index in [-0.39, 0.29) is 19.1 Å². The fourth-order valence-corrected chi connectivity index (χ4v) is 1.42. The fraction of sp³-hybridized carbons (Fsp3) is 0.273. The second kappa shape index (κ2) is 4.84. The van der Waals surface area contributed by atoms with Crippen molar-refractivity contribution >= 4 is 11.8 Å². The van der Waals surface area contributed by atoms with Gasteiger partial charge in [-0.05, 0) is 12.1 Å². The van der Waals surface area contributed by atoms with Crippen molar-refractivity contribution in [1.29, 1.82) is 0 Å². The minimum absolute atomic E-state index is 0.121. The highest BCUT2D eigenvalue weighted by Crippen LogP contribution is 2.08. The monoisotopic (exact) mass is 236 g/mol. The molecule has 1 atom stereocenters. The van der Waals surface area contributed by atoms with E-state index in [4.69, 9.17) is 9.94 Å². The lowest BCUT2D eigenvalue weighted by Crippen LogP contribution is -2.62. The summed E-state index contributed by atoms with van der Waals surface area (Å²) in [7, 11) is 0. The zero-order chi connectivity index (χ0) is 12.3. The third kappa shape index (κ3) is 2.73. The Bertz CT molecular complexity index is 421. The van der Waals surface area contributed by atoms with Crippen LogP contribution >= 0.6 is 0 Å². The molecule has 2 amide bonds. The number of benzene rings is 1. The maximum atomic E-state index is 11.4. The molecule has 2 rings (SSSR count). The molecule has 1 heterocycles. The number of carbonyl (C=O) groups is 2. The molecule has 1 fully saturated rings. The normalized spacial score (nSPS) is 18.5. The average Bonchev–Trinajstić information content (AvgIpc) is 2.37. The molecular formula is C11H12N2O4. The number of hydroxylamine groups is 2. The van der Waals surface area contributed by atoms with Crippen LogP contribution in [-0.4, -0.2) is 41.3 Å². The number of carbonyl (C=O) groups excluding carboxylic acids is 2. The topological polar surface area (TPSA) is 78.9 Å². The van der Waals surface area contributed by atoms with Gasteiger partial charge in [0.05, 0.1) is 6.54 Å². The number of β-lactam (4-membered cyclic amide) rings is 1. The van der Waals surface area contributed by atoms with Crippen LogP contribution in [0.25, 0.3) is 0 Å². The molecule has 6 heteroatoms. The summed E-state index contributed by atoms with van der Waals surface area (Å²) in [5.74, 6) is -0.301. The van der Waals surface area contributed by atoms with Crippen molar-refractivity contribution in [2.24, 2.45) is 0 Å². The third-order valence-corrected chi connectivity index (χ3v) is 2.36. The van der Waals surface area contributed by atoms with Gasteiger partial charge < -0.3 is 10.1 Å². The van der Waals surface area contributed by atoms with Gasteiger partial charge in [-0.15, -0.1) is 0 Å². The smallest absolute Gasteiger partial charge is 0.270 e. The van der Waals surface area contributed by atoms with E-state index < -0.39 is 11.9 Å². The van der Waals surface area contributed by atoms with Gasteiger partial charge in [-0.1, -0.05) is 18.2 Å². The van der Waals surface area contributed by atoms with Crippen molar-refractivity contribution in [3.8, 4) is 5.75 Å². The molecule has 0 aliphatic carbocycles. The maximum absolute atomic E-state index is 11.4. The van der Waals surface area contributed by atoms with E-state index in [1.165, 1.54) is 0 Å². The van der Waals surface area contributed by atoms with Gasteiger partial charge in [0.1, 0.15) is 11.8 Å². The zero-order valence-corrected chi connectivity index (χ0v) is 9.00. The van der Waals surface area contributed by atoms with Crippen LogP contribution in [0.3, 0.4) is 0 Å². The third-order valence-electron chi connectivity index (χ3n) is 2.36. The molecule has 1 aliphatic heterocycles. The van der Waals surface area contributed by atoms with Crippen molar-refractivity contribution in [3.05, 3.63) is 30.3 Å². The minimum atomic E-state index is -0.633. The van der Waals surface area contributed by atoms with Gasteiger partial charge in [0.2, 0.25) is 0 Å². The quantitative estimate of drug-likeness (QED) is 0.559. The van der Waals surface area contributed by atoms with Gasteiger partial charge in [0.25, 0.3) is 11.8 Å². The van der Waals surface area contributed by atoms with Crippen LogP contribution in [0.2, 0.25) is 0 Å². The Morgan fingerprint density at radius 1 is 1.47 bits per heavy atom. The van der Waals surface area contributed by atoms with Crippen molar-refractivity contribution < 1.29 is 19.5 Å². The summed E-state index contributed by atoms with van der Waals surface area (Å²) < 4.78 is 5.20. The van der Waals surface area contributed by atoms with Gasteiger partial charge in [0, 0.05) is 0 Å². The number of rotatable bonds is 4. The predicted octanol–water partition coefficient (Wildman–Crippen LogP) is -0.218. The first-order valence-corrected chi connectivity index (χ1v) is 5.14. The molecule has 1 aliphatic rings. The Morgan fingerprint density at radius 2 is 2.18 bits per heavy atom. The lowest BCUT2D eigenvalue weighted by Gasteiger charge is -2.33. The first-order valence-electron chi connectivity index (χ1n) is 5.14. The molecule has 0 spiro atoms. The Kier molecular flexibility index (Phi) is 3.24. The largest absolute Gasteiger partial charge is 0.484 e. The molecule has 0 radical (unpaired) electrons. The van der Waals surface area contributed by atoms with Crippen molar-refractivity contribution in [2.75, 3.05) is 13.2 Å². The van der Waals surface area contributed by atoms with Crippen LogP contribution in [-0.2, 0) is 9.59 Å². The van der Waals surface area contributed by atoms with Crippen LogP contribution in [0.4, 0.5) is 0 Å². The molecule has 1 saturated heterocycles. The van der Waals surface area contributed by atoms with Gasteiger partial charge >= 0.3 is 0 Å². The number of para-hydroxylation sites is 1. The molecule has 6 nitrogen and oxygen atoms in total. The van der Waals surface area contributed by atoms with Gasteiger partial charge in [-0.2, -0.15) is 0 Å². The summed E-state index contributed by atoms with van der Waals surface area (Å²) in [4.78, 5) is 22.4. The standard InChI is InChI=1S/C11H12N2O4/c14-10(12-9-6-13(16)11(9)15)7-17-8-4-2-1-3-5-8/h1-5,9,16H,6-7H2,(H,12,14)/t9-/m0/s1. The van der Waals surface area contributed by atoms with Gasteiger partial charge in [-0.3, -0.25) is 14.8 Å². The molecular weight excluding hydrogens is 224 g/mol. The number of hydrogen-bond donors (Lipinski definition) is 2. The van der Waals surface area contributed by atoms with Crippen molar-refractivity contribution in [2.45, 2.75) is 6.04 Å². The highest BCUT2D eigenvalue weighted by atomic mass is 16.5. The molecule has 1 aromatic rings. The van der Waals surface area contributed by atoms with Crippen LogP contribution in [0.1, 0.15) is 0 Å². The van der Waals surface area contributed by atoms with Crippen molar-refractivity contribution in [3.63, 3.8) is 0 Å². The van der Waals surface area contributed by atoms with Crippen LogP contribution < -0.4 is 10.1 Å². The summed E-state index contributed by atoms with van der Waals surface area (Å²) >= 11 is 0. The second-order valence-corrected chi connectivity index (χ2v) is 3.64. The zero-order valence-electron chi connectivity index (χ0n) is 9.00. The highest BCUT2D eigenvalue weighted by Gasteiger charge is 2.36. The second-order valence-electron chi connectivity index (χ2n) is 3.64. The first-order chi connectivity index (χ1) is 8.16. The number of nitrogens with one attached hydrogen (secondary N) is 1. The van der Waals surface area contributed by atoms with Gasteiger partial charge in [0.15, 0.2) is 6.61 Å². The molecule has 1 aromatic carbocycles. The minimum Gasteiger partial charge on any atom is -0.484 e. The summed E-state index contributed by atoms with van der Waals surface area (Å²) in [6, 6.07) is 8.27. The molecule has 17 heavy (non-hydrogen) atoms. The SMILES string of the molecule is O=C(COc1ccccc1)N[C@H]1CN(O)C1=O. The van der Waals surface area contributed by atoms with Crippen LogP contribution in [0.15, 0.2) is 30.3 Å². The number of hydrogen-bond acceptors (Lipinski definition) is 4. The Labute approximate surface area is 97.7 Å². The molecule has 0 unspecified atom stereocenters. The Hall–Kier alpha value is -2.08. The van der Waals surface area contributed by atoms with E-state index >= 15 is 0 Å². The van der Waals surface area contributed by atoms with E-state index in [2.05, 4.69) is 5.32 Å². The lowest BCUT2D eigenvalue weighted by atomic mass is 10.1. The van der Waals surface area contributed by atoms with E-state index in [9.17, 15) is 9.59 Å². The molecule has 2 N–H and O–H groups in total. The van der Waals surface area contributed by atoms with E-state index in [1.807, 2.05) is 6.07 Å². The number of nitrogens with zero attached hydrogens (tertiary/aromatic N) is 1. The Balaban J connectivity index is 1.73. The number of amides is 2. The van der Waals surface area contributed by atoms with E-state index in [1.54, 1.807) is 24.3 Å². The summed E-state index contributed by atoms with van der Waals surface area (Å²) in [6.07, 6.45) is 0. The lowest BCUT2D eigenvalue weighted by molar-refractivity contribution is -0.191. The molecule has 0 aromatic heterocycles. The van der Waals surface area contributed by atoms with E-state index in [0.29, 0.717) is 10.8 Å². The van der Waals surface area contributed by atoms with Gasteiger partial charge in [-0.25, -0.2) is 5.06 Å². The highest BCUT2D eigenvalue weighted by molar-refractivity contribution is 5.91. The van der Waals surface area contributed by atoms with Crippen LogP contribution in [0, 0.1) is 0 Å². The predicted molar refractivity (Wildman–Crippen MR) is 57.4 cm³/mol. The van der Waals surface area contributed by atoms with Crippen LogP contribution in [0.5, 0.6) is 5.75 Å². The molecule has 90 valence electrons. The van der Waals surface area contributed by atoms with E-state index in [0.717, 1.165) is 0 Å². The van der Waals surface area contributed by atoms with Crippen molar-refractivity contribution in [1.82, 2.24) is 10.4 Å².